The Bertz CT molecular complexity index is 1130. The summed E-state index contributed by atoms with van der Waals surface area (Å²) in [6, 6.07) is 10.4. The fourth-order valence-corrected chi connectivity index (χ4v) is 4.46. The van der Waals surface area contributed by atoms with Crippen LogP contribution >= 0.6 is 0 Å². The molecule has 0 radical (unpaired) electrons. The molecule has 5 nitrogen and oxygen atoms in total. The lowest BCUT2D eigenvalue weighted by atomic mass is 9.86. The molecule has 1 fully saturated rings. The number of benzene rings is 1. The molecule has 0 aliphatic heterocycles. The Labute approximate surface area is 189 Å². The van der Waals surface area contributed by atoms with Gasteiger partial charge in [-0.15, -0.1) is 0 Å². The normalized spacial score (nSPS) is 18.9. The molecule has 3 aromatic rings. The van der Waals surface area contributed by atoms with Crippen molar-refractivity contribution in [3.8, 4) is 11.1 Å². The topological polar surface area (TPSA) is 68.0 Å². The van der Waals surface area contributed by atoms with Crippen LogP contribution in [0.5, 0.6) is 0 Å². The molecule has 1 N–H and O–H groups in total. The maximum absolute atomic E-state index is 12.7. The van der Waals surface area contributed by atoms with Crippen LogP contribution in [0, 0.1) is 19.8 Å². The van der Waals surface area contributed by atoms with E-state index in [-0.39, 0.29) is 17.8 Å². The second-order valence-corrected chi connectivity index (χ2v) is 8.91. The summed E-state index contributed by atoms with van der Waals surface area (Å²) >= 11 is 0. The smallest absolute Gasteiger partial charge is 0.203 e. The van der Waals surface area contributed by atoms with Crippen molar-refractivity contribution in [2.75, 3.05) is 0 Å². The summed E-state index contributed by atoms with van der Waals surface area (Å²) in [5.74, 6) is -0.0361. The molecule has 5 heteroatoms. The largest absolute Gasteiger partial charge is 0.393 e. The van der Waals surface area contributed by atoms with Crippen LogP contribution in [0.3, 0.4) is 0 Å². The van der Waals surface area contributed by atoms with Crippen molar-refractivity contribution in [2.45, 2.75) is 52.1 Å². The van der Waals surface area contributed by atoms with Gasteiger partial charge in [0.05, 0.1) is 11.8 Å². The summed E-state index contributed by atoms with van der Waals surface area (Å²) in [6.07, 6.45) is 11.6. The Balaban J connectivity index is 1.48. The molecular formula is C27H31N3O2. The molecule has 0 bridgehead atoms. The number of aliphatic hydroxyl groups is 1. The number of nitrogens with zero attached hydrogens (tertiary/aromatic N) is 3. The van der Waals surface area contributed by atoms with Crippen molar-refractivity contribution in [3.05, 3.63) is 83.0 Å². The highest BCUT2D eigenvalue weighted by Crippen LogP contribution is 2.26. The average molecular weight is 430 g/mol. The van der Waals surface area contributed by atoms with Gasteiger partial charge in [-0.25, -0.2) is 0 Å². The molecule has 1 unspecified atom stereocenters. The second-order valence-electron chi connectivity index (χ2n) is 8.91. The van der Waals surface area contributed by atoms with Crippen LogP contribution in [0.15, 0.2) is 54.9 Å². The standard InChI is InChI=1S/C27H31N3O2/c1-18-16-28-25(27(32)13-12-22-6-4-5-7-26(22)31)15-23(18)14-20-8-10-21(11-9-20)24-17-30(3)29-19(24)2/h8-13,15-17,22,26,31H,4-7,14H2,1-3H3/b13-12+/t22?,26-/m0/s1. The van der Waals surface area contributed by atoms with E-state index in [0.717, 1.165) is 60.1 Å². The first-order valence-corrected chi connectivity index (χ1v) is 11.4. The predicted octanol–water partition coefficient (Wildman–Crippen LogP) is 4.98. The van der Waals surface area contributed by atoms with Gasteiger partial charge < -0.3 is 5.11 Å². The van der Waals surface area contributed by atoms with Crippen LogP contribution in [-0.2, 0) is 13.5 Å². The van der Waals surface area contributed by atoms with E-state index in [2.05, 4.69) is 34.3 Å². The summed E-state index contributed by atoms with van der Waals surface area (Å²) in [5, 5.41) is 14.5. The van der Waals surface area contributed by atoms with E-state index in [9.17, 15) is 9.90 Å². The molecule has 1 aliphatic carbocycles. The molecular weight excluding hydrogens is 398 g/mol. The number of ketones is 1. The number of pyridine rings is 1. The number of aryl methyl sites for hydroxylation is 3. The molecule has 1 aromatic carbocycles. The number of aromatic nitrogens is 3. The lowest BCUT2D eigenvalue weighted by Gasteiger charge is -2.24. The van der Waals surface area contributed by atoms with E-state index in [4.69, 9.17) is 0 Å². The molecule has 1 aliphatic rings. The average Bonchev–Trinajstić information content (AvgIpc) is 3.13. The van der Waals surface area contributed by atoms with Gasteiger partial charge >= 0.3 is 0 Å². The number of aliphatic hydroxyl groups excluding tert-OH is 1. The van der Waals surface area contributed by atoms with Crippen LogP contribution in [0.25, 0.3) is 11.1 Å². The van der Waals surface area contributed by atoms with Crippen molar-refractivity contribution in [2.24, 2.45) is 13.0 Å². The molecule has 0 spiro atoms. The van der Waals surface area contributed by atoms with Crippen molar-refractivity contribution >= 4 is 5.78 Å². The van der Waals surface area contributed by atoms with Crippen molar-refractivity contribution in [1.29, 1.82) is 0 Å². The van der Waals surface area contributed by atoms with Crippen molar-refractivity contribution < 1.29 is 9.90 Å². The Hall–Kier alpha value is -3.05. The van der Waals surface area contributed by atoms with Crippen LogP contribution in [0.1, 0.15) is 58.6 Å². The van der Waals surface area contributed by atoms with E-state index in [0.29, 0.717) is 5.69 Å². The number of carbonyl (C=O) groups excluding carboxylic acids is 1. The predicted molar refractivity (Wildman–Crippen MR) is 127 cm³/mol. The third-order valence-electron chi connectivity index (χ3n) is 6.42. The minimum atomic E-state index is -0.340. The molecule has 2 heterocycles. The minimum Gasteiger partial charge on any atom is -0.393 e. The van der Waals surface area contributed by atoms with E-state index in [1.807, 2.05) is 43.9 Å². The van der Waals surface area contributed by atoms with E-state index in [1.54, 1.807) is 12.3 Å². The van der Waals surface area contributed by atoms with Gasteiger partial charge in [0.2, 0.25) is 5.78 Å². The maximum Gasteiger partial charge on any atom is 0.203 e. The number of hydrogen-bond donors (Lipinski definition) is 1. The van der Waals surface area contributed by atoms with Gasteiger partial charge in [-0.1, -0.05) is 43.2 Å². The van der Waals surface area contributed by atoms with Gasteiger partial charge in [-0.2, -0.15) is 5.10 Å². The zero-order valence-corrected chi connectivity index (χ0v) is 19.1. The number of rotatable bonds is 6. The molecule has 4 rings (SSSR count). The molecule has 0 amide bonds. The van der Waals surface area contributed by atoms with Crippen LogP contribution in [0.4, 0.5) is 0 Å². The summed E-state index contributed by atoms with van der Waals surface area (Å²) in [7, 11) is 1.93. The molecule has 0 saturated heterocycles. The molecule has 32 heavy (non-hydrogen) atoms. The van der Waals surface area contributed by atoms with Crippen LogP contribution in [0.2, 0.25) is 0 Å². The van der Waals surface area contributed by atoms with E-state index in [1.165, 1.54) is 5.56 Å². The lowest BCUT2D eigenvalue weighted by Crippen LogP contribution is -2.22. The van der Waals surface area contributed by atoms with Gasteiger partial charge in [0.1, 0.15) is 5.69 Å². The zero-order chi connectivity index (χ0) is 22.7. The third-order valence-corrected chi connectivity index (χ3v) is 6.42. The fraction of sp³-hybridized carbons (Fsp3) is 0.370. The quantitative estimate of drug-likeness (QED) is 0.443. The first kappa shape index (κ1) is 22.2. The van der Waals surface area contributed by atoms with E-state index < -0.39 is 0 Å². The first-order valence-electron chi connectivity index (χ1n) is 11.4. The monoisotopic (exact) mass is 429 g/mol. The van der Waals surface area contributed by atoms with Crippen molar-refractivity contribution in [3.63, 3.8) is 0 Å². The zero-order valence-electron chi connectivity index (χ0n) is 19.1. The summed E-state index contributed by atoms with van der Waals surface area (Å²) in [5.41, 5.74) is 7.11. The Morgan fingerprint density at radius 2 is 1.94 bits per heavy atom. The van der Waals surface area contributed by atoms with Gasteiger partial charge in [0.15, 0.2) is 0 Å². The SMILES string of the molecule is Cc1cnc(C(=O)/C=C/C2CCCC[C@@H]2O)cc1Cc1ccc(-c2cn(C)nc2C)cc1. The number of carbonyl (C=O) groups is 1. The fourth-order valence-electron chi connectivity index (χ4n) is 4.46. The molecule has 166 valence electrons. The van der Waals surface area contributed by atoms with Gasteiger partial charge in [-0.3, -0.25) is 14.5 Å². The highest BCUT2D eigenvalue weighted by Gasteiger charge is 2.20. The second kappa shape index (κ2) is 9.61. The Morgan fingerprint density at radius 3 is 2.62 bits per heavy atom. The third kappa shape index (κ3) is 5.05. The highest BCUT2D eigenvalue weighted by atomic mass is 16.3. The molecule has 2 aromatic heterocycles. The minimum absolute atomic E-state index is 0.0691. The van der Waals surface area contributed by atoms with Gasteiger partial charge in [-0.05, 0) is 67.5 Å². The Morgan fingerprint density at radius 1 is 1.19 bits per heavy atom. The highest BCUT2D eigenvalue weighted by molar-refractivity contribution is 6.03. The Kier molecular flexibility index (Phi) is 6.66. The maximum atomic E-state index is 12.7. The summed E-state index contributed by atoms with van der Waals surface area (Å²) in [4.78, 5) is 17.1. The van der Waals surface area contributed by atoms with E-state index >= 15 is 0 Å². The van der Waals surface area contributed by atoms with Crippen LogP contribution in [-0.4, -0.2) is 31.8 Å². The van der Waals surface area contributed by atoms with Crippen molar-refractivity contribution in [1.82, 2.24) is 14.8 Å². The van der Waals surface area contributed by atoms with Crippen LogP contribution < -0.4 is 0 Å². The van der Waals surface area contributed by atoms with Gasteiger partial charge in [0.25, 0.3) is 0 Å². The number of hydrogen-bond acceptors (Lipinski definition) is 4. The molecule has 1 saturated carbocycles. The lowest BCUT2D eigenvalue weighted by molar-refractivity contribution is 0.0920. The first-order chi connectivity index (χ1) is 15.4. The molecule has 2 atom stereocenters. The van der Waals surface area contributed by atoms with Gasteiger partial charge in [0, 0.05) is 30.9 Å². The summed E-state index contributed by atoms with van der Waals surface area (Å²) in [6.45, 7) is 4.05. The summed E-state index contributed by atoms with van der Waals surface area (Å²) < 4.78 is 1.83. The number of allylic oxidation sites excluding steroid dienone is 1.